The van der Waals surface area contributed by atoms with Crippen LogP contribution in [0.25, 0.3) is 0 Å². The number of esters is 1. The van der Waals surface area contributed by atoms with Gasteiger partial charge in [0.05, 0.1) is 6.61 Å². The van der Waals surface area contributed by atoms with Gasteiger partial charge in [0.2, 0.25) is 0 Å². The molecule has 1 rings (SSSR count). The highest BCUT2D eigenvalue weighted by molar-refractivity contribution is 5.84. The van der Waals surface area contributed by atoms with Crippen molar-refractivity contribution in [1.82, 2.24) is 5.32 Å². The molecule has 0 aromatic rings. The van der Waals surface area contributed by atoms with Gasteiger partial charge in [-0.3, -0.25) is 4.79 Å². The van der Waals surface area contributed by atoms with Gasteiger partial charge in [-0.2, -0.15) is 0 Å². The SMILES string of the molecule is CCOC(=O)C1(NC)CC1. The van der Waals surface area contributed by atoms with E-state index in [1.807, 2.05) is 6.92 Å². The van der Waals surface area contributed by atoms with E-state index in [0.29, 0.717) is 6.61 Å². The number of likely N-dealkylation sites (N-methyl/N-ethyl adjacent to an activating group) is 1. The molecule has 0 spiro atoms. The Hall–Kier alpha value is -0.570. The van der Waals surface area contributed by atoms with Crippen molar-refractivity contribution in [3.63, 3.8) is 0 Å². The first-order chi connectivity index (χ1) is 4.75. The molecule has 10 heavy (non-hydrogen) atoms. The third-order valence-corrected chi connectivity index (χ3v) is 1.89. The monoisotopic (exact) mass is 143 g/mol. The van der Waals surface area contributed by atoms with Gasteiger partial charge in [-0.15, -0.1) is 0 Å². The molecule has 0 heterocycles. The van der Waals surface area contributed by atoms with Crippen LogP contribution < -0.4 is 5.32 Å². The van der Waals surface area contributed by atoms with E-state index in [1.165, 1.54) is 0 Å². The minimum absolute atomic E-state index is 0.0995. The van der Waals surface area contributed by atoms with E-state index < -0.39 is 0 Å². The van der Waals surface area contributed by atoms with E-state index in [9.17, 15) is 4.79 Å². The molecular formula is C7H13NO2. The molecule has 0 atom stereocenters. The van der Waals surface area contributed by atoms with Crippen LogP contribution >= 0.6 is 0 Å². The van der Waals surface area contributed by atoms with E-state index in [4.69, 9.17) is 4.74 Å². The predicted octanol–water partition coefficient (Wildman–Crippen LogP) is 0.301. The zero-order valence-corrected chi connectivity index (χ0v) is 6.44. The molecule has 3 nitrogen and oxygen atoms in total. The Balaban J connectivity index is 2.40. The fourth-order valence-corrected chi connectivity index (χ4v) is 0.950. The number of carbonyl (C=O) groups is 1. The summed E-state index contributed by atoms with van der Waals surface area (Å²) in [5.41, 5.74) is -0.310. The predicted molar refractivity (Wildman–Crippen MR) is 37.7 cm³/mol. The third kappa shape index (κ3) is 1.14. The minimum atomic E-state index is -0.310. The van der Waals surface area contributed by atoms with Crippen molar-refractivity contribution in [2.45, 2.75) is 25.3 Å². The number of rotatable bonds is 3. The standard InChI is InChI=1S/C7H13NO2/c1-3-10-6(9)7(8-2)4-5-7/h8H,3-5H2,1-2H3. The zero-order valence-electron chi connectivity index (χ0n) is 6.44. The van der Waals surface area contributed by atoms with Crippen LogP contribution in [0.15, 0.2) is 0 Å². The molecule has 0 amide bonds. The third-order valence-electron chi connectivity index (χ3n) is 1.89. The number of hydrogen-bond donors (Lipinski definition) is 1. The Morgan fingerprint density at radius 3 is 2.60 bits per heavy atom. The summed E-state index contributed by atoms with van der Waals surface area (Å²) in [6.07, 6.45) is 1.84. The summed E-state index contributed by atoms with van der Waals surface area (Å²) >= 11 is 0. The molecular weight excluding hydrogens is 130 g/mol. The fraction of sp³-hybridized carbons (Fsp3) is 0.857. The van der Waals surface area contributed by atoms with Gasteiger partial charge in [-0.05, 0) is 26.8 Å². The van der Waals surface area contributed by atoms with Crippen LogP contribution in [0.3, 0.4) is 0 Å². The van der Waals surface area contributed by atoms with Gasteiger partial charge in [-0.1, -0.05) is 0 Å². The Labute approximate surface area is 60.7 Å². The average molecular weight is 143 g/mol. The maximum atomic E-state index is 11.1. The molecule has 1 fully saturated rings. The molecule has 0 radical (unpaired) electrons. The topological polar surface area (TPSA) is 38.3 Å². The highest BCUT2D eigenvalue weighted by Crippen LogP contribution is 2.35. The molecule has 1 aliphatic rings. The lowest BCUT2D eigenvalue weighted by atomic mass is 10.3. The van der Waals surface area contributed by atoms with Gasteiger partial charge in [0.25, 0.3) is 0 Å². The molecule has 0 aromatic carbocycles. The van der Waals surface area contributed by atoms with Crippen LogP contribution in [0, 0.1) is 0 Å². The molecule has 3 heteroatoms. The summed E-state index contributed by atoms with van der Waals surface area (Å²) in [6.45, 7) is 2.30. The maximum Gasteiger partial charge on any atom is 0.326 e. The molecule has 0 aliphatic heterocycles. The molecule has 0 bridgehead atoms. The van der Waals surface area contributed by atoms with Gasteiger partial charge in [0.15, 0.2) is 0 Å². The van der Waals surface area contributed by atoms with E-state index >= 15 is 0 Å². The first-order valence-corrected chi connectivity index (χ1v) is 3.61. The van der Waals surface area contributed by atoms with Crippen LogP contribution in [0.4, 0.5) is 0 Å². The minimum Gasteiger partial charge on any atom is -0.465 e. The maximum absolute atomic E-state index is 11.1. The molecule has 1 aliphatic carbocycles. The van der Waals surface area contributed by atoms with Crippen LogP contribution in [-0.2, 0) is 9.53 Å². The largest absolute Gasteiger partial charge is 0.465 e. The molecule has 1 saturated carbocycles. The molecule has 0 unspecified atom stereocenters. The Morgan fingerprint density at radius 2 is 2.30 bits per heavy atom. The van der Waals surface area contributed by atoms with Gasteiger partial charge in [0.1, 0.15) is 5.54 Å². The number of carbonyl (C=O) groups excluding carboxylic acids is 1. The summed E-state index contributed by atoms with van der Waals surface area (Å²) in [6, 6.07) is 0. The van der Waals surface area contributed by atoms with Crippen LogP contribution in [0.5, 0.6) is 0 Å². The van der Waals surface area contributed by atoms with Crippen LogP contribution in [-0.4, -0.2) is 25.2 Å². The summed E-state index contributed by atoms with van der Waals surface area (Å²) < 4.78 is 4.86. The second-order valence-electron chi connectivity index (χ2n) is 2.55. The van der Waals surface area contributed by atoms with Crippen molar-refractivity contribution in [1.29, 1.82) is 0 Å². The van der Waals surface area contributed by atoms with E-state index in [1.54, 1.807) is 7.05 Å². The van der Waals surface area contributed by atoms with E-state index in [2.05, 4.69) is 5.32 Å². The van der Waals surface area contributed by atoms with Crippen molar-refractivity contribution < 1.29 is 9.53 Å². The fourth-order valence-electron chi connectivity index (χ4n) is 0.950. The lowest BCUT2D eigenvalue weighted by molar-refractivity contribution is -0.146. The summed E-state index contributed by atoms with van der Waals surface area (Å²) in [5, 5.41) is 2.96. The highest BCUT2D eigenvalue weighted by Gasteiger charge is 2.49. The number of ether oxygens (including phenoxy) is 1. The van der Waals surface area contributed by atoms with Crippen molar-refractivity contribution >= 4 is 5.97 Å². The normalized spacial score (nSPS) is 20.2. The highest BCUT2D eigenvalue weighted by atomic mass is 16.5. The Bertz CT molecular complexity index is 141. The van der Waals surface area contributed by atoms with Crippen molar-refractivity contribution in [3.8, 4) is 0 Å². The number of nitrogens with one attached hydrogen (secondary N) is 1. The molecule has 1 N–H and O–H groups in total. The molecule has 0 aromatic heterocycles. The van der Waals surface area contributed by atoms with Crippen molar-refractivity contribution in [2.24, 2.45) is 0 Å². The van der Waals surface area contributed by atoms with Gasteiger partial charge in [0, 0.05) is 0 Å². The molecule has 0 saturated heterocycles. The van der Waals surface area contributed by atoms with Crippen molar-refractivity contribution in [3.05, 3.63) is 0 Å². The first-order valence-electron chi connectivity index (χ1n) is 3.61. The van der Waals surface area contributed by atoms with Crippen LogP contribution in [0.2, 0.25) is 0 Å². The zero-order chi connectivity index (χ0) is 7.61. The van der Waals surface area contributed by atoms with Crippen molar-refractivity contribution in [2.75, 3.05) is 13.7 Å². The molecule has 58 valence electrons. The first kappa shape index (κ1) is 7.54. The van der Waals surface area contributed by atoms with E-state index in [0.717, 1.165) is 12.8 Å². The average Bonchev–Trinajstić information content (AvgIpc) is 2.68. The summed E-state index contributed by atoms with van der Waals surface area (Å²) in [7, 11) is 1.80. The van der Waals surface area contributed by atoms with Gasteiger partial charge >= 0.3 is 5.97 Å². The van der Waals surface area contributed by atoms with E-state index in [-0.39, 0.29) is 11.5 Å². The number of hydrogen-bond acceptors (Lipinski definition) is 3. The van der Waals surface area contributed by atoms with Crippen LogP contribution in [0.1, 0.15) is 19.8 Å². The summed E-state index contributed by atoms with van der Waals surface area (Å²) in [5.74, 6) is -0.0995. The van der Waals surface area contributed by atoms with Gasteiger partial charge < -0.3 is 10.1 Å². The Kier molecular flexibility index (Phi) is 1.94. The summed E-state index contributed by atoms with van der Waals surface area (Å²) in [4.78, 5) is 11.1. The lowest BCUT2D eigenvalue weighted by Crippen LogP contribution is -2.37. The smallest absolute Gasteiger partial charge is 0.326 e. The Morgan fingerprint density at radius 1 is 1.70 bits per heavy atom. The second kappa shape index (κ2) is 2.58. The quantitative estimate of drug-likeness (QED) is 0.577. The second-order valence-corrected chi connectivity index (χ2v) is 2.55. The lowest BCUT2D eigenvalue weighted by Gasteiger charge is -2.11. The van der Waals surface area contributed by atoms with Gasteiger partial charge in [-0.25, -0.2) is 0 Å².